The quantitative estimate of drug-likeness (QED) is 0.344. The molecule has 1 fully saturated rings. The van der Waals surface area contributed by atoms with Gasteiger partial charge in [0.1, 0.15) is 0 Å². The second-order valence-corrected chi connectivity index (χ2v) is 8.11. The Kier molecular flexibility index (Phi) is 5.58. The van der Waals surface area contributed by atoms with Gasteiger partial charge in [-0.3, -0.25) is 19.8 Å². The number of nitro benzene ring substituents is 1. The van der Waals surface area contributed by atoms with Crippen LogP contribution in [0.5, 0.6) is 0 Å². The van der Waals surface area contributed by atoms with Gasteiger partial charge >= 0.3 is 0 Å². The molecule has 0 spiro atoms. The molecule has 1 atom stereocenters. The highest BCUT2D eigenvalue weighted by molar-refractivity contribution is 8.15. The van der Waals surface area contributed by atoms with Crippen LogP contribution in [-0.2, 0) is 11.3 Å². The van der Waals surface area contributed by atoms with E-state index in [9.17, 15) is 14.9 Å². The fourth-order valence-electron chi connectivity index (χ4n) is 3.27. The number of fused-ring (bicyclic) bond motifs is 1. The summed E-state index contributed by atoms with van der Waals surface area (Å²) >= 11 is 1.35. The van der Waals surface area contributed by atoms with Crippen molar-refractivity contribution in [1.82, 2.24) is 4.90 Å². The summed E-state index contributed by atoms with van der Waals surface area (Å²) in [5.74, 6) is -0.0165. The van der Waals surface area contributed by atoms with Crippen molar-refractivity contribution in [2.24, 2.45) is 10.2 Å². The first kappa shape index (κ1) is 19.8. The van der Waals surface area contributed by atoms with Gasteiger partial charge in [0.2, 0.25) is 5.91 Å². The Morgan fingerprint density at radius 1 is 1.13 bits per heavy atom. The zero-order chi connectivity index (χ0) is 21.1. The summed E-state index contributed by atoms with van der Waals surface area (Å²) in [6.45, 7) is 2.25. The fourth-order valence-corrected chi connectivity index (χ4v) is 4.19. The molecule has 1 amide bonds. The molecular weight excluding hydrogens is 400 g/mol. The molecule has 0 aliphatic carbocycles. The molecule has 0 N–H and O–H groups in total. The van der Waals surface area contributed by atoms with Crippen LogP contribution < -0.4 is 0 Å². The summed E-state index contributed by atoms with van der Waals surface area (Å²) < 4.78 is 0. The van der Waals surface area contributed by atoms with Gasteiger partial charge in [-0.05, 0) is 23.3 Å². The van der Waals surface area contributed by atoms with Gasteiger partial charge in [0.25, 0.3) is 5.69 Å². The normalized spacial score (nSPS) is 18.0. The largest absolute Gasteiger partial charge is 0.284 e. The van der Waals surface area contributed by atoms with Gasteiger partial charge in [0.15, 0.2) is 5.17 Å². The van der Waals surface area contributed by atoms with Crippen LogP contribution in [0.25, 0.3) is 10.8 Å². The molecular formula is C22H18N4O3S. The Morgan fingerprint density at radius 3 is 2.73 bits per heavy atom. The first-order chi connectivity index (χ1) is 14.5. The number of hydrogen-bond donors (Lipinski definition) is 0. The number of nitro groups is 1. The number of amidine groups is 1. The zero-order valence-electron chi connectivity index (χ0n) is 16.1. The van der Waals surface area contributed by atoms with E-state index in [-0.39, 0.29) is 16.8 Å². The van der Waals surface area contributed by atoms with Crippen LogP contribution in [0.3, 0.4) is 0 Å². The topological polar surface area (TPSA) is 88.2 Å². The predicted octanol–water partition coefficient (Wildman–Crippen LogP) is 4.60. The van der Waals surface area contributed by atoms with Crippen LogP contribution in [0, 0.1) is 10.1 Å². The maximum atomic E-state index is 12.7. The number of thioether (sulfide) groups is 1. The lowest BCUT2D eigenvalue weighted by atomic mass is 10.0. The second kappa shape index (κ2) is 8.46. The highest BCUT2D eigenvalue weighted by atomic mass is 32.2. The number of carbonyl (C=O) groups is 1. The van der Waals surface area contributed by atoms with Gasteiger partial charge in [-0.2, -0.15) is 5.10 Å². The molecule has 8 heteroatoms. The Bertz CT molecular complexity index is 1190. The molecule has 0 radical (unpaired) electrons. The molecule has 0 aromatic heterocycles. The molecule has 150 valence electrons. The van der Waals surface area contributed by atoms with Crippen LogP contribution >= 0.6 is 11.8 Å². The number of carbonyl (C=O) groups excluding carboxylic acids is 1. The maximum Gasteiger partial charge on any atom is 0.270 e. The minimum Gasteiger partial charge on any atom is -0.284 e. The van der Waals surface area contributed by atoms with Crippen LogP contribution in [0.15, 0.2) is 76.9 Å². The number of amides is 1. The van der Waals surface area contributed by atoms with Crippen molar-refractivity contribution in [3.63, 3.8) is 0 Å². The van der Waals surface area contributed by atoms with E-state index in [1.54, 1.807) is 17.0 Å². The Balaban J connectivity index is 1.60. The van der Waals surface area contributed by atoms with E-state index in [1.165, 1.54) is 30.1 Å². The third-order valence-corrected chi connectivity index (χ3v) is 5.83. The molecule has 1 unspecified atom stereocenters. The maximum absolute atomic E-state index is 12.7. The first-order valence-electron chi connectivity index (χ1n) is 9.33. The van der Waals surface area contributed by atoms with Crippen molar-refractivity contribution in [2.45, 2.75) is 18.7 Å². The number of nitrogens with zero attached hydrogens (tertiary/aromatic N) is 4. The van der Waals surface area contributed by atoms with Gasteiger partial charge in [-0.1, -0.05) is 66.4 Å². The number of non-ortho nitro benzene ring substituents is 1. The van der Waals surface area contributed by atoms with E-state index in [4.69, 9.17) is 0 Å². The Hall–Kier alpha value is -3.52. The molecule has 4 rings (SSSR count). The van der Waals surface area contributed by atoms with Crippen molar-refractivity contribution < 1.29 is 9.72 Å². The first-order valence-corrected chi connectivity index (χ1v) is 10.2. The Labute approximate surface area is 177 Å². The van der Waals surface area contributed by atoms with Crippen LogP contribution in [-0.4, -0.2) is 32.4 Å². The monoisotopic (exact) mass is 418 g/mol. The summed E-state index contributed by atoms with van der Waals surface area (Å²) in [4.78, 5) is 24.8. The fraction of sp³-hybridized carbons (Fsp3) is 0.136. The van der Waals surface area contributed by atoms with E-state index in [0.717, 1.165) is 16.3 Å². The molecule has 1 aliphatic heterocycles. The van der Waals surface area contributed by atoms with E-state index >= 15 is 0 Å². The highest BCUT2D eigenvalue weighted by Gasteiger charge is 2.35. The summed E-state index contributed by atoms with van der Waals surface area (Å²) in [7, 11) is 0. The van der Waals surface area contributed by atoms with E-state index in [2.05, 4.69) is 10.2 Å². The highest BCUT2D eigenvalue weighted by Crippen LogP contribution is 2.30. The van der Waals surface area contributed by atoms with Crippen molar-refractivity contribution in [1.29, 1.82) is 0 Å². The lowest BCUT2D eigenvalue weighted by molar-refractivity contribution is -0.384. The molecule has 7 nitrogen and oxygen atoms in total. The number of hydrogen-bond acceptors (Lipinski definition) is 6. The van der Waals surface area contributed by atoms with E-state index in [1.807, 2.05) is 49.4 Å². The summed E-state index contributed by atoms with van der Waals surface area (Å²) in [6, 6.07) is 20.2. The SMILES string of the molecule is CC1S/C(=N\N=C\c2cccc([N+](=O)[O-])c2)N(Cc2cccc3ccccc23)C1=O. The molecule has 1 aliphatic rings. The van der Waals surface area contributed by atoms with Gasteiger partial charge < -0.3 is 0 Å². The standard InChI is InChI=1S/C22H18N4O3S/c1-15-21(27)25(14-18-9-5-8-17-7-2-3-11-20(17)18)22(30-15)24-23-13-16-6-4-10-19(12-16)26(28)29/h2-13,15H,14H2,1H3/b23-13+,24-22-. The summed E-state index contributed by atoms with van der Waals surface area (Å²) in [6.07, 6.45) is 1.45. The summed E-state index contributed by atoms with van der Waals surface area (Å²) in [5.41, 5.74) is 1.59. The molecule has 30 heavy (non-hydrogen) atoms. The molecule has 3 aromatic carbocycles. The minimum absolute atomic E-state index is 0.0109. The van der Waals surface area contributed by atoms with Gasteiger partial charge in [0.05, 0.1) is 22.9 Å². The molecule has 1 saturated heterocycles. The molecule has 0 saturated carbocycles. The average Bonchev–Trinajstić information content (AvgIpc) is 3.02. The predicted molar refractivity (Wildman–Crippen MR) is 120 cm³/mol. The third-order valence-electron chi connectivity index (χ3n) is 4.77. The average molecular weight is 418 g/mol. The number of rotatable bonds is 5. The molecule has 3 aromatic rings. The summed E-state index contributed by atoms with van der Waals surface area (Å²) in [5, 5.41) is 21.7. The van der Waals surface area contributed by atoms with Crippen molar-refractivity contribution in [3.8, 4) is 0 Å². The van der Waals surface area contributed by atoms with Gasteiger partial charge in [-0.25, -0.2) is 0 Å². The Morgan fingerprint density at radius 2 is 1.90 bits per heavy atom. The zero-order valence-corrected chi connectivity index (χ0v) is 17.0. The van der Waals surface area contributed by atoms with Crippen molar-refractivity contribution >= 4 is 45.5 Å². The molecule has 1 heterocycles. The van der Waals surface area contributed by atoms with Gasteiger partial charge in [-0.15, -0.1) is 5.10 Å². The van der Waals surface area contributed by atoms with Crippen LogP contribution in [0.4, 0.5) is 5.69 Å². The van der Waals surface area contributed by atoms with Crippen molar-refractivity contribution in [3.05, 3.63) is 88.0 Å². The van der Waals surface area contributed by atoms with E-state index < -0.39 is 4.92 Å². The number of benzene rings is 3. The van der Waals surface area contributed by atoms with Gasteiger partial charge in [0, 0.05) is 17.7 Å². The lowest BCUT2D eigenvalue weighted by Crippen LogP contribution is -2.30. The smallest absolute Gasteiger partial charge is 0.270 e. The van der Waals surface area contributed by atoms with Crippen LogP contribution in [0.2, 0.25) is 0 Å². The van der Waals surface area contributed by atoms with E-state index in [0.29, 0.717) is 17.3 Å². The van der Waals surface area contributed by atoms with Crippen molar-refractivity contribution in [2.75, 3.05) is 0 Å². The minimum atomic E-state index is -0.456. The van der Waals surface area contributed by atoms with Crippen LogP contribution in [0.1, 0.15) is 18.1 Å². The third kappa shape index (κ3) is 4.08. The molecule has 0 bridgehead atoms. The lowest BCUT2D eigenvalue weighted by Gasteiger charge is -2.17. The second-order valence-electron chi connectivity index (χ2n) is 6.80.